The fourth-order valence-electron chi connectivity index (χ4n) is 1.83. The minimum atomic E-state index is 0.333. The van der Waals surface area contributed by atoms with E-state index >= 15 is 0 Å². The van der Waals surface area contributed by atoms with Crippen LogP contribution in [0.25, 0.3) is 0 Å². The topological polar surface area (TPSA) is 51.8 Å². The predicted octanol–water partition coefficient (Wildman–Crippen LogP) is 2.15. The molecule has 1 saturated carbocycles. The van der Waals surface area contributed by atoms with Crippen LogP contribution >= 0.6 is 23.3 Å². The fourth-order valence-corrected chi connectivity index (χ4v) is 3.89. The van der Waals surface area contributed by atoms with Crippen LogP contribution in [-0.4, -0.2) is 20.6 Å². The molecule has 1 aromatic heterocycles. The molecule has 0 aromatic carbocycles. The summed E-state index contributed by atoms with van der Waals surface area (Å²) in [5.74, 6) is 0.806. The van der Waals surface area contributed by atoms with Crippen molar-refractivity contribution in [2.24, 2.45) is 11.7 Å². The van der Waals surface area contributed by atoms with E-state index in [1.807, 2.05) is 0 Å². The molecule has 1 fully saturated rings. The Kier molecular flexibility index (Phi) is 3.41. The van der Waals surface area contributed by atoms with Gasteiger partial charge in [0.05, 0.1) is 0 Å². The molecule has 0 radical (unpaired) electrons. The van der Waals surface area contributed by atoms with Crippen LogP contribution < -0.4 is 5.73 Å². The summed E-state index contributed by atoms with van der Waals surface area (Å²) in [6.45, 7) is 2.31. The van der Waals surface area contributed by atoms with E-state index in [2.05, 4.69) is 16.3 Å². The first kappa shape index (κ1) is 10.4. The van der Waals surface area contributed by atoms with E-state index in [1.165, 1.54) is 24.4 Å². The number of nitrogens with zero attached hydrogens (tertiary/aromatic N) is 2. The average Bonchev–Trinajstić information content (AvgIpc) is 2.64. The van der Waals surface area contributed by atoms with Crippen molar-refractivity contribution in [2.75, 3.05) is 0 Å². The summed E-state index contributed by atoms with van der Waals surface area (Å²) in [6, 6.07) is 0.333. The second-order valence-electron chi connectivity index (χ2n) is 3.95. The maximum Gasteiger partial charge on any atom is 0.170 e. The third-order valence-electron chi connectivity index (χ3n) is 2.70. The molecular formula is C9H15N3S2. The first-order chi connectivity index (χ1) is 6.75. The summed E-state index contributed by atoms with van der Waals surface area (Å²) < 4.78 is 5.06. The number of rotatable bonds is 2. The molecule has 5 heteroatoms. The average molecular weight is 229 g/mol. The van der Waals surface area contributed by atoms with Crippen molar-refractivity contribution in [1.29, 1.82) is 0 Å². The predicted molar refractivity (Wildman–Crippen MR) is 60.5 cm³/mol. The van der Waals surface area contributed by atoms with Gasteiger partial charge < -0.3 is 5.73 Å². The molecule has 3 unspecified atom stereocenters. The lowest BCUT2D eigenvalue weighted by Crippen LogP contribution is -2.37. The molecule has 1 heterocycles. The van der Waals surface area contributed by atoms with Crippen LogP contribution in [0.3, 0.4) is 0 Å². The zero-order valence-electron chi connectivity index (χ0n) is 8.22. The molecule has 1 aromatic rings. The standard InChI is InChI=1S/C9H15N3S2/c1-6-2-3-7(10)8(4-6)13-9-11-5-12-14-9/h5-8H,2-4,10H2,1H3. The highest BCUT2D eigenvalue weighted by Crippen LogP contribution is 2.35. The lowest BCUT2D eigenvalue weighted by Gasteiger charge is -2.31. The highest BCUT2D eigenvalue weighted by Gasteiger charge is 2.27. The zero-order chi connectivity index (χ0) is 9.97. The van der Waals surface area contributed by atoms with E-state index in [-0.39, 0.29) is 0 Å². The molecule has 3 atom stereocenters. The number of thioether (sulfide) groups is 1. The van der Waals surface area contributed by atoms with Crippen LogP contribution in [0.1, 0.15) is 26.2 Å². The van der Waals surface area contributed by atoms with Crippen LogP contribution in [0, 0.1) is 5.92 Å². The van der Waals surface area contributed by atoms with Gasteiger partial charge in [0.15, 0.2) is 4.34 Å². The Morgan fingerprint density at radius 3 is 3.14 bits per heavy atom. The van der Waals surface area contributed by atoms with Gasteiger partial charge in [0.25, 0.3) is 0 Å². The van der Waals surface area contributed by atoms with Gasteiger partial charge in [-0.15, -0.1) is 0 Å². The van der Waals surface area contributed by atoms with Gasteiger partial charge in [0.2, 0.25) is 0 Å². The third kappa shape index (κ3) is 2.46. The molecule has 0 amide bonds. The molecule has 78 valence electrons. The summed E-state index contributed by atoms with van der Waals surface area (Å²) in [7, 11) is 0. The lowest BCUT2D eigenvalue weighted by atomic mass is 9.87. The normalized spacial score (nSPS) is 33.1. The van der Waals surface area contributed by atoms with Crippen molar-refractivity contribution < 1.29 is 0 Å². The zero-order valence-corrected chi connectivity index (χ0v) is 9.85. The van der Waals surface area contributed by atoms with E-state index in [4.69, 9.17) is 5.73 Å². The van der Waals surface area contributed by atoms with Crippen molar-refractivity contribution in [3.8, 4) is 0 Å². The van der Waals surface area contributed by atoms with Gasteiger partial charge in [-0.3, -0.25) is 0 Å². The van der Waals surface area contributed by atoms with Crippen molar-refractivity contribution in [3.63, 3.8) is 0 Å². The SMILES string of the molecule is CC1CCC(N)C(Sc2ncns2)C1. The highest BCUT2D eigenvalue weighted by molar-refractivity contribution is 8.01. The lowest BCUT2D eigenvalue weighted by molar-refractivity contribution is 0.357. The van der Waals surface area contributed by atoms with Gasteiger partial charge in [0, 0.05) is 11.3 Å². The van der Waals surface area contributed by atoms with Crippen LogP contribution in [0.15, 0.2) is 10.7 Å². The first-order valence-corrected chi connectivity index (χ1v) is 6.60. The Labute approximate surface area is 92.7 Å². The Bertz CT molecular complexity index is 276. The second-order valence-corrected chi connectivity index (χ2v) is 6.21. The summed E-state index contributed by atoms with van der Waals surface area (Å²) in [5, 5.41) is 0.534. The van der Waals surface area contributed by atoms with E-state index in [1.54, 1.807) is 18.1 Å². The van der Waals surface area contributed by atoms with E-state index < -0.39 is 0 Å². The monoisotopic (exact) mass is 229 g/mol. The summed E-state index contributed by atoms with van der Waals surface area (Å²) in [6.07, 6.45) is 5.25. The van der Waals surface area contributed by atoms with Gasteiger partial charge in [-0.1, -0.05) is 18.7 Å². The third-order valence-corrected chi connectivity index (χ3v) is 4.82. The van der Waals surface area contributed by atoms with Crippen molar-refractivity contribution in [2.45, 2.75) is 41.8 Å². The molecule has 0 saturated heterocycles. The first-order valence-electron chi connectivity index (χ1n) is 4.94. The summed E-state index contributed by atoms with van der Waals surface area (Å²) >= 11 is 3.27. The molecule has 0 spiro atoms. The molecule has 0 bridgehead atoms. The second kappa shape index (κ2) is 4.59. The summed E-state index contributed by atoms with van der Waals surface area (Å²) in [5.41, 5.74) is 6.09. The largest absolute Gasteiger partial charge is 0.327 e. The van der Waals surface area contributed by atoms with E-state index in [9.17, 15) is 0 Å². The van der Waals surface area contributed by atoms with Crippen molar-refractivity contribution in [3.05, 3.63) is 6.33 Å². The molecule has 0 aliphatic heterocycles. The number of aromatic nitrogens is 2. The minimum Gasteiger partial charge on any atom is -0.327 e. The van der Waals surface area contributed by atoms with Crippen LogP contribution in [0.2, 0.25) is 0 Å². The Morgan fingerprint density at radius 1 is 1.57 bits per heavy atom. The highest BCUT2D eigenvalue weighted by atomic mass is 32.2. The van der Waals surface area contributed by atoms with Crippen molar-refractivity contribution in [1.82, 2.24) is 9.36 Å². The minimum absolute atomic E-state index is 0.333. The van der Waals surface area contributed by atoms with Crippen molar-refractivity contribution >= 4 is 23.3 Å². The van der Waals surface area contributed by atoms with E-state index in [0.29, 0.717) is 11.3 Å². The van der Waals surface area contributed by atoms with E-state index in [0.717, 1.165) is 16.7 Å². The molecule has 1 aliphatic rings. The van der Waals surface area contributed by atoms with Gasteiger partial charge in [-0.2, -0.15) is 4.37 Å². The quantitative estimate of drug-likeness (QED) is 0.844. The molecule has 3 nitrogen and oxygen atoms in total. The molecular weight excluding hydrogens is 214 g/mol. The van der Waals surface area contributed by atoms with Crippen LogP contribution in [0.4, 0.5) is 0 Å². The number of hydrogen-bond acceptors (Lipinski definition) is 5. The fraction of sp³-hybridized carbons (Fsp3) is 0.778. The van der Waals surface area contributed by atoms with Crippen LogP contribution in [-0.2, 0) is 0 Å². The summed E-state index contributed by atoms with van der Waals surface area (Å²) in [4.78, 5) is 4.18. The number of hydrogen-bond donors (Lipinski definition) is 1. The van der Waals surface area contributed by atoms with Gasteiger partial charge >= 0.3 is 0 Å². The number of nitrogens with two attached hydrogens (primary N) is 1. The van der Waals surface area contributed by atoms with Gasteiger partial charge in [0.1, 0.15) is 6.33 Å². The Hall–Kier alpha value is -0.130. The maximum atomic E-state index is 6.09. The van der Waals surface area contributed by atoms with Gasteiger partial charge in [-0.25, -0.2) is 4.98 Å². The Morgan fingerprint density at radius 2 is 2.43 bits per heavy atom. The molecule has 1 aliphatic carbocycles. The Balaban J connectivity index is 1.95. The molecule has 2 N–H and O–H groups in total. The molecule has 2 rings (SSSR count). The molecule has 14 heavy (non-hydrogen) atoms. The van der Waals surface area contributed by atoms with Crippen LogP contribution in [0.5, 0.6) is 0 Å². The smallest absolute Gasteiger partial charge is 0.170 e. The maximum absolute atomic E-state index is 6.09. The van der Waals surface area contributed by atoms with Gasteiger partial charge in [-0.05, 0) is 36.7 Å².